The predicted octanol–water partition coefficient (Wildman–Crippen LogP) is 3.29. The normalized spacial score (nSPS) is 15.0. The Kier molecular flexibility index (Phi) is 12.8. The molecule has 0 spiro atoms. The first-order valence-corrected chi connectivity index (χ1v) is 11.9. The summed E-state index contributed by atoms with van der Waals surface area (Å²) in [5.74, 6) is -1.17. The largest absolute Gasteiger partial charge is 0.481 e. The predicted molar refractivity (Wildman–Crippen MR) is 121 cm³/mol. The molecule has 1 aromatic heterocycles. The Hall–Kier alpha value is -2.10. The topological polar surface area (TPSA) is 113 Å². The summed E-state index contributed by atoms with van der Waals surface area (Å²) in [5, 5.41) is 12.0. The van der Waals surface area contributed by atoms with E-state index < -0.39 is 17.0 Å². The number of amides is 1. The zero-order chi connectivity index (χ0) is 22.4. The Bertz CT molecular complexity index is 768. The number of carbonyl (C=O) groups is 3. The van der Waals surface area contributed by atoms with Crippen LogP contribution < -0.4 is 10.0 Å². The second kappa shape index (κ2) is 14.8. The number of nitrogens with one attached hydrogen (secondary N) is 2. The number of rotatable bonds is 11. The van der Waals surface area contributed by atoms with Crippen molar-refractivity contribution in [2.45, 2.75) is 51.9 Å². The first-order valence-electron chi connectivity index (χ1n) is 9.83. The number of thiophene rings is 1. The number of hydrogen-bond acceptors (Lipinski definition) is 5. The first kappa shape index (κ1) is 25.9. The molecule has 1 heterocycles. The fourth-order valence-corrected chi connectivity index (χ4v) is 4.86. The van der Waals surface area contributed by atoms with Crippen molar-refractivity contribution in [3.05, 3.63) is 45.0 Å². The Labute approximate surface area is 184 Å². The molecular weight excluding hydrogens is 424 g/mol. The van der Waals surface area contributed by atoms with E-state index in [1.165, 1.54) is 0 Å². The summed E-state index contributed by atoms with van der Waals surface area (Å²) < 4.78 is 15.4. The zero-order valence-electron chi connectivity index (χ0n) is 17.4. The van der Waals surface area contributed by atoms with Crippen molar-refractivity contribution in [1.82, 2.24) is 10.0 Å². The van der Waals surface area contributed by atoms with Crippen LogP contribution in [0.5, 0.6) is 0 Å². The maximum atomic E-state index is 12.3. The number of carboxylic acid groups (broad SMARTS) is 1. The molecule has 2 rings (SSSR count). The van der Waals surface area contributed by atoms with Crippen molar-refractivity contribution in [3.63, 3.8) is 0 Å². The Morgan fingerprint density at radius 2 is 2.00 bits per heavy atom. The van der Waals surface area contributed by atoms with E-state index in [0.717, 1.165) is 48.0 Å². The van der Waals surface area contributed by atoms with Crippen molar-refractivity contribution in [1.29, 1.82) is 0 Å². The Morgan fingerprint density at radius 3 is 2.60 bits per heavy atom. The van der Waals surface area contributed by atoms with Crippen LogP contribution in [0.4, 0.5) is 0 Å². The van der Waals surface area contributed by atoms with Crippen LogP contribution in [0.3, 0.4) is 0 Å². The van der Waals surface area contributed by atoms with Crippen LogP contribution in [0.1, 0.15) is 56.7 Å². The van der Waals surface area contributed by atoms with Crippen LogP contribution in [0.2, 0.25) is 0 Å². The fraction of sp³-hybridized carbons (Fsp3) is 0.476. The molecular formula is C21H30N2O5S2. The first-order chi connectivity index (χ1) is 14.4. The number of carbonyl (C=O) groups excluding carboxylic acids is 2. The molecule has 0 aliphatic heterocycles. The van der Waals surface area contributed by atoms with E-state index >= 15 is 0 Å². The highest BCUT2D eigenvalue weighted by molar-refractivity contribution is 7.87. The van der Waals surface area contributed by atoms with Crippen LogP contribution in [0.15, 0.2) is 40.1 Å². The third kappa shape index (κ3) is 10.1. The highest BCUT2D eigenvalue weighted by Crippen LogP contribution is 2.26. The maximum Gasteiger partial charge on any atom is 0.300 e. The van der Waals surface area contributed by atoms with Crippen LogP contribution in [-0.4, -0.2) is 40.6 Å². The van der Waals surface area contributed by atoms with Crippen molar-refractivity contribution >= 4 is 40.5 Å². The van der Waals surface area contributed by atoms with Gasteiger partial charge in [-0.1, -0.05) is 24.6 Å². The number of aliphatic carboxylic acids is 1. The summed E-state index contributed by atoms with van der Waals surface area (Å²) >= 11 is 1.55. The molecule has 0 radical (unpaired) electrons. The van der Waals surface area contributed by atoms with Gasteiger partial charge in [-0.05, 0) is 49.6 Å². The monoisotopic (exact) mass is 454 g/mol. The molecule has 0 bridgehead atoms. The lowest BCUT2D eigenvalue weighted by molar-refractivity contribution is -0.134. The minimum Gasteiger partial charge on any atom is -0.481 e. The number of hydrogen-bond donors (Lipinski definition) is 3. The summed E-state index contributed by atoms with van der Waals surface area (Å²) in [4.78, 5) is 33.7. The lowest BCUT2D eigenvalue weighted by Crippen LogP contribution is -2.30. The lowest BCUT2D eigenvalue weighted by Gasteiger charge is -2.15. The number of allylic oxidation sites excluding steroid dienone is 3. The highest BCUT2D eigenvalue weighted by atomic mass is 32.2. The molecule has 2 atom stereocenters. The molecule has 2 unspecified atom stereocenters. The summed E-state index contributed by atoms with van der Waals surface area (Å²) in [7, 11) is -1.17. The van der Waals surface area contributed by atoms with Gasteiger partial charge in [0.15, 0.2) is 0 Å². The minimum atomic E-state index is -1.17. The van der Waals surface area contributed by atoms with Gasteiger partial charge in [0.1, 0.15) is 17.3 Å². The Morgan fingerprint density at radius 1 is 1.30 bits per heavy atom. The van der Waals surface area contributed by atoms with Gasteiger partial charge in [-0.15, -0.1) is 11.3 Å². The number of unbranched alkanes of at least 4 members (excludes halogenated alkanes) is 1. The van der Waals surface area contributed by atoms with Gasteiger partial charge in [0.05, 0.1) is 17.4 Å². The molecule has 1 aromatic rings. The number of carboxylic acids is 1. The van der Waals surface area contributed by atoms with E-state index in [1.807, 2.05) is 30.5 Å². The molecule has 1 aliphatic carbocycles. The van der Waals surface area contributed by atoms with Crippen LogP contribution in [0, 0.1) is 0 Å². The molecule has 3 N–H and O–H groups in total. The second-order valence-electron chi connectivity index (χ2n) is 6.69. The fourth-order valence-electron chi connectivity index (χ4n) is 2.87. The molecule has 0 saturated carbocycles. The van der Waals surface area contributed by atoms with Crippen LogP contribution in [0.25, 0.3) is 0 Å². The van der Waals surface area contributed by atoms with Gasteiger partial charge in [-0.25, -0.2) is 8.93 Å². The molecule has 1 amide bonds. The van der Waals surface area contributed by atoms with E-state index in [0.29, 0.717) is 19.3 Å². The lowest BCUT2D eigenvalue weighted by atomic mass is 9.99. The molecule has 0 aromatic carbocycles. The average Bonchev–Trinajstić information content (AvgIpc) is 3.23. The number of aldehydes is 1. The van der Waals surface area contributed by atoms with Gasteiger partial charge in [-0.2, -0.15) is 0 Å². The van der Waals surface area contributed by atoms with E-state index in [-0.39, 0.29) is 18.4 Å². The molecule has 9 heteroatoms. The molecule has 166 valence electrons. The van der Waals surface area contributed by atoms with E-state index in [9.17, 15) is 13.8 Å². The minimum absolute atomic E-state index is 0.0449. The van der Waals surface area contributed by atoms with Crippen molar-refractivity contribution in [3.8, 4) is 0 Å². The summed E-state index contributed by atoms with van der Waals surface area (Å²) in [6.07, 6.45) is 9.21. The SMILES string of the molecule is CC(=O)O.CC1=CCCC=C1S(=O)NCCCCC(C(=O)NCC=O)c1cccs1. The molecule has 0 fully saturated rings. The van der Waals surface area contributed by atoms with Crippen molar-refractivity contribution < 1.29 is 23.7 Å². The van der Waals surface area contributed by atoms with E-state index in [1.54, 1.807) is 11.3 Å². The molecule has 0 saturated heterocycles. The summed E-state index contributed by atoms with van der Waals surface area (Å²) in [5.41, 5.74) is 1.09. The standard InChI is InChI=1S/C19H26N2O3S2.C2H4O2/c1-15-7-2-3-10-18(15)26(24)21-11-5-4-8-16(17-9-6-14-25-17)19(23)20-12-13-22;1-2(3)4/h6-7,9-10,13-14,16,21H,2-5,8,11-12H2,1H3,(H,20,23);1H3,(H,3,4). The van der Waals surface area contributed by atoms with Gasteiger partial charge in [0.25, 0.3) is 5.97 Å². The zero-order valence-corrected chi connectivity index (χ0v) is 19.0. The van der Waals surface area contributed by atoms with Crippen molar-refractivity contribution in [2.75, 3.05) is 13.1 Å². The summed E-state index contributed by atoms with van der Waals surface area (Å²) in [6.45, 7) is 3.77. The maximum absolute atomic E-state index is 12.3. The smallest absolute Gasteiger partial charge is 0.300 e. The third-order valence-electron chi connectivity index (χ3n) is 4.25. The van der Waals surface area contributed by atoms with Crippen LogP contribution >= 0.6 is 11.3 Å². The van der Waals surface area contributed by atoms with Crippen molar-refractivity contribution in [2.24, 2.45) is 0 Å². The van der Waals surface area contributed by atoms with Gasteiger partial charge >= 0.3 is 0 Å². The summed E-state index contributed by atoms with van der Waals surface area (Å²) in [6, 6.07) is 3.88. The Balaban J connectivity index is 0.00000103. The van der Waals surface area contributed by atoms with Gasteiger partial charge in [0.2, 0.25) is 5.91 Å². The second-order valence-corrected chi connectivity index (χ2v) is 8.94. The van der Waals surface area contributed by atoms with Gasteiger partial charge < -0.3 is 15.2 Å². The van der Waals surface area contributed by atoms with Gasteiger partial charge in [-0.3, -0.25) is 9.59 Å². The quantitative estimate of drug-likeness (QED) is 0.351. The molecule has 30 heavy (non-hydrogen) atoms. The average molecular weight is 455 g/mol. The molecule has 7 nitrogen and oxygen atoms in total. The third-order valence-corrected chi connectivity index (χ3v) is 6.59. The molecule has 1 aliphatic rings. The highest BCUT2D eigenvalue weighted by Gasteiger charge is 2.21. The van der Waals surface area contributed by atoms with E-state index in [4.69, 9.17) is 9.90 Å². The van der Waals surface area contributed by atoms with E-state index in [2.05, 4.69) is 16.1 Å². The van der Waals surface area contributed by atoms with Crippen LogP contribution in [-0.2, 0) is 25.4 Å². The van der Waals surface area contributed by atoms with Gasteiger partial charge in [0, 0.05) is 18.3 Å².